The van der Waals surface area contributed by atoms with Crippen molar-refractivity contribution in [2.45, 2.75) is 144 Å². The van der Waals surface area contributed by atoms with Gasteiger partial charge in [0.25, 0.3) is 0 Å². The molecule has 5 amide bonds. The number of H-pyrrole nitrogens is 3. The second kappa shape index (κ2) is 37.4. The predicted molar refractivity (Wildman–Crippen MR) is 449 cm³/mol. The van der Waals surface area contributed by atoms with Gasteiger partial charge in [-0.1, -0.05) is 71.9 Å². The van der Waals surface area contributed by atoms with Gasteiger partial charge in [0.2, 0.25) is 29.5 Å². The average molecular weight is 1620 g/mol. The number of benzene rings is 7. The van der Waals surface area contributed by atoms with E-state index < -0.39 is 17.3 Å². The fraction of sp³-hybridized carbons (Fsp3) is 0.310. The molecule has 13 aromatic rings. The van der Waals surface area contributed by atoms with Crippen molar-refractivity contribution in [1.82, 2.24) is 73.1 Å². The van der Waals surface area contributed by atoms with Crippen molar-refractivity contribution in [3.05, 3.63) is 217 Å². The van der Waals surface area contributed by atoms with Crippen molar-refractivity contribution in [3.63, 3.8) is 0 Å². The Morgan fingerprint density at radius 1 is 0.462 bits per heavy atom. The number of nitrogens with two attached hydrogens (primary N) is 2. The van der Waals surface area contributed by atoms with E-state index in [1.54, 1.807) is 22.8 Å². The third kappa shape index (κ3) is 19.1. The van der Waals surface area contributed by atoms with Crippen molar-refractivity contribution in [2.24, 2.45) is 11.5 Å². The predicted octanol–water partition coefficient (Wildman–Crippen LogP) is 10.6. The van der Waals surface area contributed by atoms with E-state index in [1.165, 1.54) is 31.7 Å². The largest absolute Gasteiger partial charge is 0.508 e. The molecule has 32 heteroatoms. The highest BCUT2D eigenvalue weighted by atomic mass is 16.5. The maximum Gasteiger partial charge on any atom is 0.348 e. The number of carbonyl (C=O) groups is 6. The number of fused-ring (bicyclic) bond motifs is 3. The minimum absolute atomic E-state index is 0.00292. The number of amides is 5. The summed E-state index contributed by atoms with van der Waals surface area (Å²) in [5.41, 5.74) is 21.3. The van der Waals surface area contributed by atoms with Crippen LogP contribution >= 0.6 is 0 Å². The number of imide groups is 2. The van der Waals surface area contributed by atoms with Crippen molar-refractivity contribution >= 4 is 68.2 Å². The summed E-state index contributed by atoms with van der Waals surface area (Å²) in [6, 6.07) is 43.0. The molecular formula is C87H97N17O15. The van der Waals surface area contributed by atoms with Gasteiger partial charge in [0, 0.05) is 154 Å². The quantitative estimate of drug-likeness (QED) is 0.0213. The molecule has 2 aliphatic heterocycles. The Hall–Kier alpha value is -13.9. The van der Waals surface area contributed by atoms with E-state index in [9.17, 15) is 63.6 Å². The lowest BCUT2D eigenvalue weighted by Gasteiger charge is -2.18. The van der Waals surface area contributed by atoms with E-state index in [1.807, 2.05) is 154 Å². The average Bonchev–Trinajstić information content (AvgIpc) is 1.68. The number of nitrogens with zero attached hydrogens (tertiary/aromatic N) is 11. The van der Waals surface area contributed by atoms with Crippen LogP contribution in [0.15, 0.2) is 173 Å². The molecule has 0 spiro atoms. The zero-order chi connectivity index (χ0) is 85.0. The lowest BCUT2D eigenvalue weighted by molar-refractivity contribution is -0.141. The monoisotopic (exact) mass is 1620 g/mol. The lowest BCUT2D eigenvalue weighted by Crippen LogP contribution is -2.32. The normalized spacial score (nSPS) is 12.8. The van der Waals surface area contributed by atoms with Crippen LogP contribution in [0.2, 0.25) is 0 Å². The summed E-state index contributed by atoms with van der Waals surface area (Å²) in [6.07, 6.45) is 7.90. The molecule has 620 valence electrons. The standard InChI is InChI=1S/C29H32N6O6.C29H31N5O2.C21H23N5O3.C8H11NO4/c1-17(2)20-15-21(24(37)16-23(20)36)28-31-32-29(41)35(28)19-5-6-22-18(14-19)9-12-33(22)13-10-30-25(38)4-3-11-34-26(39)7-8-27(34)40;1-19(2)24-17-25(27(15-20(24)3)36-18-21-7-5-4-6-8-21)28-31-32-29(35)34(28)23-9-10-26-22(16-23)11-13-33(26)14-12-30;1-12(2)15-10-16(19(28)11-18(15)27)20-23-24-21(29)26(20)14-3-4-17-13(9-14)5-7-25(17)8-6-22;10-6-3-4-7(11)9(6)5-1-2-8(12)13/h5-6,9,12,14-17,36-37H,3-4,7-8,10-11,13H2,1-2H3,(H,30,38)(H,32,41);4-11,13,15-17,19H,12,14,18,30H2,1-3H3,(H,32,35);3-5,7,9-12,27-28H,6,8,22H2,1-2H3,(H,24,29);1-5H2,(H,12,13). The Bertz CT molecular complexity index is 6080. The molecule has 0 saturated carbocycles. The second-order valence-corrected chi connectivity index (χ2v) is 30.0. The van der Waals surface area contributed by atoms with Gasteiger partial charge < -0.3 is 60.8 Å². The minimum atomic E-state index is -0.904. The number of phenolic OH excluding ortho intramolecular Hbond substituents is 4. The zero-order valence-corrected chi connectivity index (χ0v) is 67.2. The molecule has 13 N–H and O–H groups in total. The number of aliphatic carboxylic acids is 1. The Kier molecular flexibility index (Phi) is 26.5. The van der Waals surface area contributed by atoms with Crippen molar-refractivity contribution in [2.75, 3.05) is 32.7 Å². The summed E-state index contributed by atoms with van der Waals surface area (Å²) >= 11 is 0. The number of carbonyl (C=O) groups excluding carboxylic acids is 5. The van der Waals surface area contributed by atoms with Gasteiger partial charge in [0.05, 0.1) is 33.8 Å². The van der Waals surface area contributed by atoms with Crippen LogP contribution in [0, 0.1) is 6.92 Å². The number of carboxylic acids is 1. The molecule has 0 bridgehead atoms. The molecule has 8 heterocycles. The van der Waals surface area contributed by atoms with Crippen LogP contribution in [0.4, 0.5) is 0 Å². The fourth-order valence-corrected chi connectivity index (χ4v) is 14.8. The summed E-state index contributed by atoms with van der Waals surface area (Å²) in [7, 11) is 0. The zero-order valence-electron chi connectivity index (χ0n) is 67.2. The fourth-order valence-electron chi connectivity index (χ4n) is 14.8. The SMILES string of the molecule is CC(C)c1cc(-c2n[nH]c(=O)n2-c2ccc3c(ccn3CCN)c2)c(O)cc1O.CC(C)c1cc(-c2n[nH]c(=O)n2-c2ccc3c(ccn3CCNC(=O)CCCN3C(=O)CCC3=O)c2)c(O)cc1O.Cc1cc(OCc2ccccc2)c(-c2n[nH]c(=O)n2-c2ccc3c(ccn3CCN)c2)cc1C(C)C.O=C(O)CCCN1C(=O)CCC1=O. The number of aromatic amines is 3. The first kappa shape index (κ1) is 84.5. The van der Waals surface area contributed by atoms with Crippen LogP contribution in [0.1, 0.15) is 138 Å². The Labute approximate surface area is 682 Å². The minimum Gasteiger partial charge on any atom is -0.508 e. The molecule has 7 aromatic carbocycles. The number of likely N-dealkylation sites (tertiary alicyclic amines) is 2. The molecule has 2 aliphatic rings. The number of aromatic hydroxyl groups is 4. The third-order valence-corrected chi connectivity index (χ3v) is 20.8. The van der Waals surface area contributed by atoms with E-state index in [-0.39, 0.29) is 133 Å². The van der Waals surface area contributed by atoms with Gasteiger partial charge in [0.15, 0.2) is 17.5 Å². The molecule has 15 rings (SSSR count). The summed E-state index contributed by atoms with van der Waals surface area (Å²) < 4.78 is 16.9. The maximum atomic E-state index is 13.0. The first-order valence-corrected chi connectivity index (χ1v) is 39.4. The van der Waals surface area contributed by atoms with Crippen LogP contribution in [0.25, 0.3) is 83.9 Å². The molecule has 0 atom stereocenters. The van der Waals surface area contributed by atoms with Gasteiger partial charge in [-0.15, -0.1) is 0 Å². The number of hydrogen-bond acceptors (Lipinski definition) is 19. The highest BCUT2D eigenvalue weighted by molar-refractivity contribution is 6.02. The van der Waals surface area contributed by atoms with Crippen LogP contribution in [-0.4, -0.2) is 162 Å². The molecular weight excluding hydrogens is 1520 g/mol. The number of aryl methyl sites for hydroxylation is 1. The van der Waals surface area contributed by atoms with Crippen molar-refractivity contribution in [3.8, 4) is 80.0 Å². The summed E-state index contributed by atoms with van der Waals surface area (Å²) in [4.78, 5) is 108. The Morgan fingerprint density at radius 3 is 1.24 bits per heavy atom. The number of nitrogens with one attached hydrogen (secondary N) is 4. The van der Waals surface area contributed by atoms with E-state index in [0.29, 0.717) is 103 Å². The van der Waals surface area contributed by atoms with Crippen LogP contribution in [0.5, 0.6) is 28.7 Å². The number of phenols is 4. The van der Waals surface area contributed by atoms with Gasteiger partial charge in [-0.25, -0.2) is 43.4 Å². The first-order valence-electron chi connectivity index (χ1n) is 39.4. The summed E-state index contributed by atoms with van der Waals surface area (Å²) in [6.45, 7) is 18.5. The summed E-state index contributed by atoms with van der Waals surface area (Å²) in [5.74, 6) is -0.104. The number of aromatic nitrogens is 12. The second-order valence-electron chi connectivity index (χ2n) is 30.0. The number of carboxylic acid groups (broad SMARTS) is 1. The van der Waals surface area contributed by atoms with E-state index >= 15 is 0 Å². The first-order chi connectivity index (χ1) is 57.1. The molecule has 0 radical (unpaired) electrons. The Morgan fingerprint density at radius 2 is 0.849 bits per heavy atom. The Balaban J connectivity index is 0.000000154. The third-order valence-electron chi connectivity index (χ3n) is 20.8. The van der Waals surface area contributed by atoms with Crippen LogP contribution in [0.3, 0.4) is 0 Å². The van der Waals surface area contributed by atoms with E-state index in [0.717, 1.165) is 66.5 Å². The van der Waals surface area contributed by atoms with Gasteiger partial charge in [0.1, 0.15) is 35.4 Å². The molecule has 2 fully saturated rings. The number of rotatable bonds is 27. The van der Waals surface area contributed by atoms with Gasteiger partial charge in [-0.2, -0.15) is 15.3 Å². The highest BCUT2D eigenvalue weighted by Crippen LogP contribution is 2.41. The molecule has 6 aromatic heterocycles. The summed E-state index contributed by atoms with van der Waals surface area (Å²) in [5, 5.41) is 75.7. The smallest absolute Gasteiger partial charge is 0.348 e. The number of hydrogen-bond donors (Lipinski definition) is 11. The van der Waals surface area contributed by atoms with Crippen LogP contribution < -0.4 is 38.6 Å². The topological polar surface area (TPSA) is 450 Å². The lowest BCUT2D eigenvalue weighted by atomic mass is 9.95. The van der Waals surface area contributed by atoms with Gasteiger partial charge in [-0.3, -0.25) is 38.6 Å². The molecule has 32 nitrogen and oxygen atoms in total. The number of ether oxygens (including phenoxy) is 1. The van der Waals surface area contributed by atoms with Crippen LogP contribution in [-0.2, 0) is 55.0 Å². The van der Waals surface area contributed by atoms with Crippen molar-refractivity contribution < 1.29 is 59.0 Å². The van der Waals surface area contributed by atoms with E-state index in [2.05, 4.69) is 71.9 Å². The molecule has 2 saturated heterocycles. The highest BCUT2D eigenvalue weighted by Gasteiger charge is 2.31. The molecule has 0 unspecified atom stereocenters. The van der Waals surface area contributed by atoms with Gasteiger partial charge >= 0.3 is 23.0 Å². The molecule has 119 heavy (non-hydrogen) atoms. The van der Waals surface area contributed by atoms with Crippen molar-refractivity contribution in [1.29, 1.82) is 0 Å². The maximum absolute atomic E-state index is 13.0. The molecule has 0 aliphatic carbocycles. The van der Waals surface area contributed by atoms with Gasteiger partial charge in [-0.05, 0) is 162 Å². The van der Waals surface area contributed by atoms with E-state index in [4.69, 9.17) is 21.3 Å².